The fourth-order valence-electron chi connectivity index (χ4n) is 3.81. The highest BCUT2D eigenvalue weighted by molar-refractivity contribution is 5.91. The summed E-state index contributed by atoms with van der Waals surface area (Å²) in [5, 5.41) is 6.45. The molecule has 1 fully saturated rings. The molecule has 0 saturated carbocycles. The molecule has 1 saturated heterocycles. The van der Waals surface area contributed by atoms with Crippen molar-refractivity contribution in [2.45, 2.75) is 38.8 Å². The monoisotopic (exact) mass is 395 g/mol. The van der Waals surface area contributed by atoms with Crippen LogP contribution in [0.2, 0.25) is 0 Å². The van der Waals surface area contributed by atoms with Gasteiger partial charge in [0.25, 0.3) is 0 Å². The highest BCUT2D eigenvalue weighted by Gasteiger charge is 2.15. The minimum Gasteiger partial charge on any atom is -0.486 e. The molecule has 2 aliphatic rings. The van der Waals surface area contributed by atoms with E-state index in [0.29, 0.717) is 26.2 Å². The van der Waals surface area contributed by atoms with E-state index in [-0.39, 0.29) is 11.9 Å². The second-order valence-electron chi connectivity index (χ2n) is 7.76. The van der Waals surface area contributed by atoms with Crippen molar-refractivity contribution >= 4 is 17.3 Å². The number of carbonyl (C=O) groups is 1. The molecule has 0 spiro atoms. The number of carbonyl (C=O) groups excluding carboxylic acids is 1. The Morgan fingerprint density at radius 3 is 2.69 bits per heavy atom. The zero-order valence-electron chi connectivity index (χ0n) is 16.9. The summed E-state index contributed by atoms with van der Waals surface area (Å²) >= 11 is 0. The Morgan fingerprint density at radius 1 is 1.07 bits per heavy atom. The summed E-state index contributed by atoms with van der Waals surface area (Å²) in [6, 6.07) is 14.2. The molecular weight excluding hydrogens is 366 g/mol. The van der Waals surface area contributed by atoms with Gasteiger partial charge in [0, 0.05) is 43.5 Å². The van der Waals surface area contributed by atoms with Gasteiger partial charge in [-0.2, -0.15) is 0 Å². The number of amides is 1. The third-order valence-electron chi connectivity index (χ3n) is 5.35. The van der Waals surface area contributed by atoms with Crippen molar-refractivity contribution in [3.63, 3.8) is 0 Å². The molecule has 2 N–H and O–H groups in total. The van der Waals surface area contributed by atoms with Crippen molar-refractivity contribution in [3.8, 4) is 11.5 Å². The Kier molecular flexibility index (Phi) is 6.20. The molecular formula is C23H29N3O3. The predicted octanol–water partition coefficient (Wildman–Crippen LogP) is 3.56. The number of nitrogens with zero attached hydrogens (tertiary/aromatic N) is 1. The minimum absolute atomic E-state index is 0.0192. The molecule has 2 aliphatic heterocycles. The lowest BCUT2D eigenvalue weighted by Crippen LogP contribution is -2.30. The smallest absolute Gasteiger partial charge is 0.225 e. The standard InChI is InChI=1S/C23H29N3O3/c1-17(24-16-18-7-8-21-22(14-18)29-12-11-28-21)13-23(27)25-19-5-4-6-20(15-19)26-9-2-3-10-26/h4-8,14-15,17,24H,2-3,9-13,16H2,1H3,(H,25,27). The normalized spacial score (nSPS) is 16.5. The maximum atomic E-state index is 12.5. The Bertz CT molecular complexity index is 849. The van der Waals surface area contributed by atoms with Crippen LogP contribution in [0.15, 0.2) is 42.5 Å². The summed E-state index contributed by atoms with van der Waals surface area (Å²) in [7, 11) is 0. The van der Waals surface area contributed by atoms with Crippen LogP contribution in [0, 0.1) is 0 Å². The van der Waals surface area contributed by atoms with Gasteiger partial charge in [-0.05, 0) is 55.7 Å². The number of hydrogen-bond acceptors (Lipinski definition) is 5. The van der Waals surface area contributed by atoms with Crippen LogP contribution in [0.3, 0.4) is 0 Å². The minimum atomic E-state index is 0.0192. The molecule has 4 rings (SSSR count). The predicted molar refractivity (Wildman–Crippen MR) is 115 cm³/mol. The number of anilines is 2. The Hall–Kier alpha value is -2.73. The van der Waals surface area contributed by atoms with Crippen LogP contribution in [-0.2, 0) is 11.3 Å². The molecule has 29 heavy (non-hydrogen) atoms. The van der Waals surface area contributed by atoms with Crippen LogP contribution in [0.25, 0.3) is 0 Å². The van der Waals surface area contributed by atoms with Crippen LogP contribution >= 0.6 is 0 Å². The average molecular weight is 396 g/mol. The van der Waals surface area contributed by atoms with Gasteiger partial charge in [0.1, 0.15) is 13.2 Å². The first kappa shape index (κ1) is 19.6. The lowest BCUT2D eigenvalue weighted by Gasteiger charge is -2.20. The van der Waals surface area contributed by atoms with E-state index in [1.54, 1.807) is 0 Å². The van der Waals surface area contributed by atoms with E-state index in [1.165, 1.54) is 18.5 Å². The van der Waals surface area contributed by atoms with E-state index < -0.39 is 0 Å². The highest BCUT2D eigenvalue weighted by Crippen LogP contribution is 2.30. The van der Waals surface area contributed by atoms with E-state index in [2.05, 4.69) is 27.7 Å². The number of benzene rings is 2. The van der Waals surface area contributed by atoms with Gasteiger partial charge in [-0.15, -0.1) is 0 Å². The molecule has 0 aliphatic carbocycles. The molecule has 6 nitrogen and oxygen atoms in total. The third-order valence-corrected chi connectivity index (χ3v) is 5.35. The van der Waals surface area contributed by atoms with Crippen LogP contribution < -0.4 is 25.0 Å². The van der Waals surface area contributed by atoms with Gasteiger partial charge in [-0.1, -0.05) is 12.1 Å². The lowest BCUT2D eigenvalue weighted by molar-refractivity contribution is -0.116. The van der Waals surface area contributed by atoms with E-state index in [9.17, 15) is 4.79 Å². The van der Waals surface area contributed by atoms with E-state index in [1.807, 2.05) is 37.3 Å². The molecule has 1 unspecified atom stereocenters. The lowest BCUT2D eigenvalue weighted by atomic mass is 10.1. The topological polar surface area (TPSA) is 62.8 Å². The fraction of sp³-hybridized carbons (Fsp3) is 0.435. The van der Waals surface area contributed by atoms with Crippen molar-refractivity contribution in [3.05, 3.63) is 48.0 Å². The molecule has 2 heterocycles. The number of hydrogen-bond donors (Lipinski definition) is 2. The molecule has 0 radical (unpaired) electrons. The van der Waals surface area contributed by atoms with Crippen molar-refractivity contribution in [2.75, 3.05) is 36.5 Å². The number of nitrogens with one attached hydrogen (secondary N) is 2. The summed E-state index contributed by atoms with van der Waals surface area (Å²) in [6.45, 7) is 6.07. The third kappa shape index (κ3) is 5.21. The quantitative estimate of drug-likeness (QED) is 0.751. The summed E-state index contributed by atoms with van der Waals surface area (Å²) < 4.78 is 11.2. The molecule has 2 aromatic rings. The van der Waals surface area contributed by atoms with Crippen molar-refractivity contribution in [1.82, 2.24) is 5.32 Å². The van der Waals surface area contributed by atoms with Gasteiger partial charge in [0.15, 0.2) is 11.5 Å². The Balaban J connectivity index is 1.26. The highest BCUT2D eigenvalue weighted by atomic mass is 16.6. The van der Waals surface area contributed by atoms with Crippen LogP contribution in [0.5, 0.6) is 11.5 Å². The van der Waals surface area contributed by atoms with Crippen LogP contribution in [0.1, 0.15) is 31.7 Å². The first-order valence-electron chi connectivity index (χ1n) is 10.4. The van der Waals surface area contributed by atoms with E-state index in [4.69, 9.17) is 9.47 Å². The molecule has 2 aromatic carbocycles. The van der Waals surface area contributed by atoms with Crippen LogP contribution in [0.4, 0.5) is 11.4 Å². The zero-order chi connectivity index (χ0) is 20.1. The SMILES string of the molecule is CC(CC(=O)Nc1cccc(N2CCCC2)c1)NCc1ccc2c(c1)OCCO2. The fourth-order valence-corrected chi connectivity index (χ4v) is 3.81. The number of fused-ring (bicyclic) bond motifs is 1. The second-order valence-corrected chi connectivity index (χ2v) is 7.76. The maximum absolute atomic E-state index is 12.5. The first-order chi connectivity index (χ1) is 14.2. The number of rotatable bonds is 7. The van der Waals surface area contributed by atoms with Gasteiger partial charge >= 0.3 is 0 Å². The molecule has 1 atom stereocenters. The Morgan fingerprint density at radius 2 is 1.86 bits per heavy atom. The average Bonchev–Trinajstić information content (AvgIpc) is 3.27. The first-order valence-corrected chi connectivity index (χ1v) is 10.4. The van der Waals surface area contributed by atoms with Gasteiger partial charge < -0.3 is 25.0 Å². The van der Waals surface area contributed by atoms with Crippen molar-refractivity contribution < 1.29 is 14.3 Å². The molecule has 0 aromatic heterocycles. The number of ether oxygens (including phenoxy) is 2. The summed E-state index contributed by atoms with van der Waals surface area (Å²) in [6.07, 6.45) is 2.89. The summed E-state index contributed by atoms with van der Waals surface area (Å²) in [4.78, 5) is 14.8. The Labute approximate surface area is 172 Å². The van der Waals surface area contributed by atoms with Gasteiger partial charge in [0.05, 0.1) is 0 Å². The van der Waals surface area contributed by atoms with Crippen LogP contribution in [-0.4, -0.2) is 38.3 Å². The molecule has 0 bridgehead atoms. The molecule has 154 valence electrons. The summed E-state index contributed by atoms with van der Waals surface area (Å²) in [5.41, 5.74) is 3.16. The summed E-state index contributed by atoms with van der Waals surface area (Å²) in [5.74, 6) is 1.60. The molecule has 6 heteroatoms. The van der Waals surface area contributed by atoms with Crippen molar-refractivity contribution in [1.29, 1.82) is 0 Å². The molecule has 1 amide bonds. The maximum Gasteiger partial charge on any atom is 0.225 e. The zero-order valence-corrected chi connectivity index (χ0v) is 16.9. The van der Waals surface area contributed by atoms with Gasteiger partial charge in [-0.25, -0.2) is 0 Å². The van der Waals surface area contributed by atoms with E-state index in [0.717, 1.165) is 35.8 Å². The second kappa shape index (κ2) is 9.18. The van der Waals surface area contributed by atoms with Gasteiger partial charge in [0.2, 0.25) is 5.91 Å². The van der Waals surface area contributed by atoms with E-state index >= 15 is 0 Å². The van der Waals surface area contributed by atoms with Crippen molar-refractivity contribution in [2.24, 2.45) is 0 Å². The van der Waals surface area contributed by atoms with Gasteiger partial charge in [-0.3, -0.25) is 4.79 Å². The largest absolute Gasteiger partial charge is 0.486 e.